The normalized spacial score (nSPS) is 19.3. The van der Waals surface area contributed by atoms with Gasteiger partial charge in [-0.15, -0.1) is 0 Å². The van der Waals surface area contributed by atoms with Crippen molar-refractivity contribution >= 4 is 17.7 Å². The van der Waals surface area contributed by atoms with Crippen LogP contribution in [-0.4, -0.2) is 91.7 Å². The molecule has 11 nitrogen and oxygen atoms in total. The number of piperidine rings is 1. The number of amides is 3. The van der Waals surface area contributed by atoms with E-state index in [2.05, 4.69) is 10.3 Å². The highest BCUT2D eigenvalue weighted by Gasteiger charge is 2.34. The summed E-state index contributed by atoms with van der Waals surface area (Å²) < 4.78 is 23.4. The number of hydrogen-bond acceptors (Lipinski definition) is 8. The summed E-state index contributed by atoms with van der Waals surface area (Å²) in [5.74, 6) is 1.10. The second kappa shape index (κ2) is 15.7. The molecule has 46 heavy (non-hydrogen) atoms. The van der Waals surface area contributed by atoms with E-state index in [1.165, 1.54) is 0 Å². The number of carbonyl (C=O) groups excluding carboxylic acids is 3. The van der Waals surface area contributed by atoms with E-state index >= 15 is 0 Å². The lowest BCUT2D eigenvalue weighted by Crippen LogP contribution is -2.58. The standard InChI is InChI=1S/C35H42N4O7/c1-24-7-4-10-28(36-24)35(42)39-17-15-30-29(21-39)37-33(40)22-38(16-6-18-43-2)34(41)14-12-25-11-13-31(32(20-25)44-3)46-27-9-5-8-26(19-27)23-45-30/h4-5,7-11,13,19-20,29-30H,6,12,14-18,21-23H2,1-3H3,(H,37,40)/t29-,30+/m1/s1. The average molecular weight is 631 g/mol. The van der Waals surface area contributed by atoms with Crippen LogP contribution < -0.4 is 14.8 Å². The Labute approximate surface area is 269 Å². The third kappa shape index (κ3) is 8.61. The van der Waals surface area contributed by atoms with Crippen LogP contribution in [0.3, 0.4) is 0 Å². The molecule has 6 rings (SSSR count). The molecule has 3 aliphatic rings. The fourth-order valence-corrected chi connectivity index (χ4v) is 5.78. The van der Waals surface area contributed by atoms with E-state index < -0.39 is 6.04 Å². The van der Waals surface area contributed by atoms with Gasteiger partial charge in [-0.05, 0) is 73.7 Å². The van der Waals surface area contributed by atoms with E-state index in [0.29, 0.717) is 61.9 Å². The summed E-state index contributed by atoms with van der Waals surface area (Å²) in [6, 6.07) is 18.1. The van der Waals surface area contributed by atoms with Gasteiger partial charge in [0.15, 0.2) is 11.5 Å². The SMILES string of the molecule is COCCCN1CC(=O)N[C@@H]2CN(C(=O)c3cccc(C)n3)CC[C@@H]2OCc2cccc(c2)Oc2ccc(cc2OC)CCC1=O. The number of nitrogens with one attached hydrogen (secondary N) is 1. The Hall–Kier alpha value is -4.48. The molecule has 4 bridgehead atoms. The molecule has 4 heterocycles. The van der Waals surface area contributed by atoms with Crippen LogP contribution in [0.25, 0.3) is 0 Å². The van der Waals surface area contributed by atoms with Crippen LogP contribution in [0.1, 0.15) is 46.6 Å². The van der Waals surface area contributed by atoms with E-state index in [-0.39, 0.29) is 49.9 Å². The molecule has 3 amide bonds. The maximum atomic E-state index is 13.5. The van der Waals surface area contributed by atoms with Gasteiger partial charge in [-0.25, -0.2) is 4.98 Å². The van der Waals surface area contributed by atoms with Gasteiger partial charge in [0.25, 0.3) is 5.91 Å². The topological polar surface area (TPSA) is 120 Å². The van der Waals surface area contributed by atoms with Crippen molar-refractivity contribution in [3.63, 3.8) is 0 Å². The van der Waals surface area contributed by atoms with Gasteiger partial charge in [-0.1, -0.05) is 24.3 Å². The minimum atomic E-state index is -0.493. The minimum Gasteiger partial charge on any atom is -0.493 e. The number of ether oxygens (including phenoxy) is 4. The molecule has 0 saturated carbocycles. The van der Waals surface area contributed by atoms with Gasteiger partial charge in [0, 0.05) is 45.5 Å². The number of aromatic nitrogens is 1. The summed E-state index contributed by atoms with van der Waals surface area (Å²) in [5, 5.41) is 3.09. The Kier molecular flexibility index (Phi) is 11.2. The molecule has 0 aliphatic carbocycles. The first kappa shape index (κ1) is 32.9. The lowest BCUT2D eigenvalue weighted by Gasteiger charge is -2.39. The molecule has 0 unspecified atom stereocenters. The van der Waals surface area contributed by atoms with E-state index in [4.69, 9.17) is 18.9 Å². The van der Waals surface area contributed by atoms with Gasteiger partial charge in [0.1, 0.15) is 11.4 Å². The second-order valence-corrected chi connectivity index (χ2v) is 11.6. The van der Waals surface area contributed by atoms with Gasteiger partial charge < -0.3 is 34.1 Å². The zero-order valence-corrected chi connectivity index (χ0v) is 26.7. The van der Waals surface area contributed by atoms with Gasteiger partial charge in [-0.3, -0.25) is 14.4 Å². The molecule has 0 spiro atoms. The maximum absolute atomic E-state index is 13.5. The Morgan fingerprint density at radius 3 is 2.70 bits per heavy atom. The Balaban J connectivity index is 1.41. The zero-order valence-electron chi connectivity index (χ0n) is 26.7. The number of rotatable bonds is 6. The van der Waals surface area contributed by atoms with Crippen molar-refractivity contribution in [3.05, 3.63) is 83.2 Å². The van der Waals surface area contributed by atoms with E-state index in [0.717, 1.165) is 16.8 Å². The number of aryl methyl sites for hydroxylation is 2. The van der Waals surface area contributed by atoms with E-state index in [1.54, 1.807) is 30.1 Å². The van der Waals surface area contributed by atoms with Crippen LogP contribution >= 0.6 is 0 Å². The number of nitrogens with zero attached hydrogens (tertiary/aromatic N) is 3. The van der Waals surface area contributed by atoms with Crippen molar-refractivity contribution in [2.75, 3.05) is 47.0 Å². The lowest BCUT2D eigenvalue weighted by molar-refractivity contribution is -0.137. The predicted octanol–water partition coefficient (Wildman–Crippen LogP) is 3.92. The van der Waals surface area contributed by atoms with Crippen molar-refractivity contribution in [2.24, 2.45) is 0 Å². The van der Waals surface area contributed by atoms with Crippen molar-refractivity contribution in [1.29, 1.82) is 0 Å². The molecule has 3 aromatic rings. The lowest BCUT2D eigenvalue weighted by atomic mass is 10.0. The third-order valence-electron chi connectivity index (χ3n) is 8.20. The van der Waals surface area contributed by atoms with Crippen LogP contribution in [-0.2, 0) is 32.1 Å². The van der Waals surface area contributed by atoms with Crippen molar-refractivity contribution in [3.8, 4) is 17.2 Å². The number of benzene rings is 2. The smallest absolute Gasteiger partial charge is 0.272 e. The van der Waals surface area contributed by atoms with Crippen LogP contribution in [0.4, 0.5) is 0 Å². The first-order valence-electron chi connectivity index (χ1n) is 15.7. The molecule has 3 aliphatic heterocycles. The molecular formula is C35H42N4O7. The van der Waals surface area contributed by atoms with Crippen LogP contribution in [0, 0.1) is 6.92 Å². The molecule has 1 fully saturated rings. The summed E-state index contributed by atoms with van der Waals surface area (Å²) in [6.45, 7) is 3.55. The molecule has 1 N–H and O–H groups in total. The number of carbonyl (C=O) groups is 3. The molecular weight excluding hydrogens is 588 g/mol. The maximum Gasteiger partial charge on any atom is 0.272 e. The Morgan fingerprint density at radius 2 is 1.89 bits per heavy atom. The summed E-state index contributed by atoms with van der Waals surface area (Å²) in [5.41, 5.74) is 2.92. The molecule has 2 aromatic carbocycles. The number of pyridine rings is 1. The highest BCUT2D eigenvalue weighted by Crippen LogP contribution is 2.33. The summed E-state index contributed by atoms with van der Waals surface area (Å²) in [4.78, 5) is 48.0. The molecule has 1 saturated heterocycles. The highest BCUT2D eigenvalue weighted by atomic mass is 16.5. The quantitative estimate of drug-likeness (QED) is 0.407. The first-order chi connectivity index (χ1) is 22.3. The predicted molar refractivity (Wildman–Crippen MR) is 171 cm³/mol. The third-order valence-corrected chi connectivity index (χ3v) is 8.20. The summed E-state index contributed by atoms with van der Waals surface area (Å²) in [6.07, 6.45) is 1.42. The molecule has 1 aromatic heterocycles. The van der Waals surface area contributed by atoms with Crippen LogP contribution in [0.5, 0.6) is 17.2 Å². The average Bonchev–Trinajstić information content (AvgIpc) is 3.06. The van der Waals surface area contributed by atoms with Gasteiger partial charge >= 0.3 is 0 Å². The second-order valence-electron chi connectivity index (χ2n) is 11.6. The van der Waals surface area contributed by atoms with Crippen LogP contribution in [0.2, 0.25) is 0 Å². The van der Waals surface area contributed by atoms with Gasteiger partial charge in [-0.2, -0.15) is 0 Å². The Bertz CT molecular complexity index is 1530. The molecule has 244 valence electrons. The van der Waals surface area contributed by atoms with E-state index in [1.807, 2.05) is 61.5 Å². The monoisotopic (exact) mass is 630 g/mol. The number of likely N-dealkylation sites (tertiary alicyclic amines) is 1. The van der Waals surface area contributed by atoms with Crippen molar-refractivity contribution in [1.82, 2.24) is 20.1 Å². The number of fused-ring (bicyclic) bond motifs is 9. The molecule has 0 radical (unpaired) electrons. The van der Waals surface area contributed by atoms with Gasteiger partial charge in [0.2, 0.25) is 11.8 Å². The van der Waals surface area contributed by atoms with Crippen molar-refractivity contribution < 1.29 is 33.3 Å². The highest BCUT2D eigenvalue weighted by molar-refractivity contribution is 5.92. The number of methoxy groups -OCH3 is 2. The van der Waals surface area contributed by atoms with Gasteiger partial charge in [0.05, 0.1) is 32.4 Å². The summed E-state index contributed by atoms with van der Waals surface area (Å²) >= 11 is 0. The largest absolute Gasteiger partial charge is 0.493 e. The molecule has 2 atom stereocenters. The fourth-order valence-electron chi connectivity index (χ4n) is 5.78. The van der Waals surface area contributed by atoms with Crippen molar-refractivity contribution in [2.45, 2.75) is 51.4 Å². The van der Waals surface area contributed by atoms with E-state index in [9.17, 15) is 14.4 Å². The first-order valence-corrected chi connectivity index (χ1v) is 15.7. The fraction of sp³-hybridized carbons (Fsp3) is 0.429. The zero-order chi connectivity index (χ0) is 32.5. The molecule has 11 heteroatoms. The number of hydrogen-bond donors (Lipinski definition) is 1. The minimum absolute atomic E-state index is 0.114. The Morgan fingerprint density at radius 1 is 1.04 bits per heavy atom. The van der Waals surface area contributed by atoms with Crippen LogP contribution in [0.15, 0.2) is 60.7 Å². The summed E-state index contributed by atoms with van der Waals surface area (Å²) in [7, 11) is 3.19.